The highest BCUT2D eigenvalue weighted by Gasteiger charge is 2.54. The molecule has 0 aliphatic carbocycles. The van der Waals surface area contributed by atoms with Gasteiger partial charge in [0.2, 0.25) is 5.91 Å². The number of fused-ring (bicyclic) bond motifs is 1. The van der Waals surface area contributed by atoms with E-state index in [9.17, 15) is 34.2 Å². The summed E-state index contributed by atoms with van der Waals surface area (Å²) in [5, 5.41) is 31.9. The number of alkyl carbamates (subject to hydrolysis) is 1. The van der Waals surface area contributed by atoms with Crippen molar-refractivity contribution in [1.29, 1.82) is 0 Å². The van der Waals surface area contributed by atoms with Crippen LogP contribution in [0.4, 0.5) is 4.79 Å². The van der Waals surface area contributed by atoms with E-state index in [1.165, 1.54) is 11.8 Å². The second-order valence-corrected chi connectivity index (χ2v) is 7.62. The number of nitrogens with one attached hydrogen (secondary N) is 2. The number of carboxylic acid groups (broad SMARTS) is 2. The van der Waals surface area contributed by atoms with Crippen molar-refractivity contribution in [3.8, 4) is 0 Å². The zero-order chi connectivity index (χ0) is 22.4. The first-order valence-electron chi connectivity index (χ1n) is 9.17. The largest absolute Gasteiger partial charge is 0.480 e. The van der Waals surface area contributed by atoms with Crippen molar-refractivity contribution < 1.29 is 44.0 Å². The highest BCUT2D eigenvalue weighted by Crippen LogP contribution is 2.40. The van der Waals surface area contributed by atoms with E-state index in [-0.39, 0.29) is 42.9 Å². The van der Waals surface area contributed by atoms with E-state index in [2.05, 4.69) is 15.4 Å². The third kappa shape index (κ3) is 5.21. The minimum absolute atomic E-state index is 0.0176. The van der Waals surface area contributed by atoms with E-state index in [1.54, 1.807) is 6.92 Å². The number of β-lactam (4-membered cyclic amide) rings is 1. The van der Waals surface area contributed by atoms with Gasteiger partial charge in [-0.15, -0.1) is 11.8 Å². The Balaban J connectivity index is 1.86. The molecule has 2 heterocycles. The number of carbonyl (C=O) groups is 5. The number of aliphatic hydroxyl groups excluding tert-OH is 1. The van der Waals surface area contributed by atoms with Crippen LogP contribution in [0.3, 0.4) is 0 Å². The number of nitrogens with zero attached hydrogens (tertiary/aromatic N) is 1. The van der Waals surface area contributed by atoms with Crippen LogP contribution in [0.1, 0.15) is 26.2 Å². The maximum absolute atomic E-state index is 12.3. The second-order valence-electron chi connectivity index (χ2n) is 6.52. The van der Waals surface area contributed by atoms with E-state index in [1.807, 2.05) is 0 Å². The van der Waals surface area contributed by atoms with Crippen LogP contribution in [0, 0.1) is 0 Å². The standard InChI is InChI=1S/C17H23N3O9S/c1-2-29-17(28)18-9(15(24)25)4-3-5-10(22)19-11-13(23)20-12(16(26)27)8(6-21)7-30-14(11)20/h9,11,14,21H,2-7H2,1H3,(H,18,28)(H,19,22)(H,24,25)(H,26,27)/t9-,11?,14?/m1/s1. The predicted octanol–water partition coefficient (Wildman–Crippen LogP) is -0.913. The number of hydrogen-bond donors (Lipinski definition) is 5. The Morgan fingerprint density at radius 2 is 2.00 bits per heavy atom. The van der Waals surface area contributed by atoms with Crippen LogP contribution in [-0.2, 0) is 23.9 Å². The molecule has 2 unspecified atom stereocenters. The first-order valence-corrected chi connectivity index (χ1v) is 10.2. The average Bonchev–Trinajstić information content (AvgIpc) is 2.69. The van der Waals surface area contributed by atoms with Crippen molar-refractivity contribution in [2.24, 2.45) is 0 Å². The van der Waals surface area contributed by atoms with E-state index >= 15 is 0 Å². The molecular weight excluding hydrogens is 422 g/mol. The highest BCUT2D eigenvalue weighted by atomic mass is 32.2. The van der Waals surface area contributed by atoms with Crippen molar-refractivity contribution in [1.82, 2.24) is 15.5 Å². The Hall–Kier alpha value is -2.80. The predicted molar refractivity (Wildman–Crippen MR) is 102 cm³/mol. The summed E-state index contributed by atoms with van der Waals surface area (Å²) in [6.45, 7) is 1.19. The zero-order valence-corrected chi connectivity index (χ0v) is 16.9. The van der Waals surface area contributed by atoms with Crippen molar-refractivity contribution >= 4 is 41.6 Å². The first kappa shape index (κ1) is 23.5. The number of hydrogen-bond acceptors (Lipinski definition) is 8. The van der Waals surface area contributed by atoms with Gasteiger partial charge in [-0.05, 0) is 25.3 Å². The maximum atomic E-state index is 12.3. The molecule has 0 bridgehead atoms. The van der Waals surface area contributed by atoms with Crippen LogP contribution >= 0.6 is 11.8 Å². The summed E-state index contributed by atoms with van der Waals surface area (Å²) < 4.78 is 4.63. The normalized spacial score (nSPS) is 21.3. The van der Waals surface area contributed by atoms with Gasteiger partial charge in [0.15, 0.2) is 0 Å². The summed E-state index contributed by atoms with van der Waals surface area (Å²) in [6.07, 6.45) is -0.838. The van der Waals surface area contributed by atoms with E-state index in [4.69, 9.17) is 5.11 Å². The Bertz CT molecular complexity index is 770. The third-order valence-electron chi connectivity index (χ3n) is 4.52. The monoisotopic (exact) mass is 445 g/mol. The van der Waals surface area contributed by atoms with Gasteiger partial charge in [0.1, 0.15) is 23.2 Å². The summed E-state index contributed by atoms with van der Waals surface area (Å²) in [6, 6.07) is -2.11. The molecule has 13 heteroatoms. The van der Waals surface area contributed by atoms with Gasteiger partial charge >= 0.3 is 18.0 Å². The number of amides is 3. The molecule has 30 heavy (non-hydrogen) atoms. The lowest BCUT2D eigenvalue weighted by atomic mass is 10.0. The fourth-order valence-electron chi connectivity index (χ4n) is 3.09. The number of aliphatic hydroxyl groups is 1. The van der Waals surface area contributed by atoms with Crippen molar-refractivity contribution in [3.63, 3.8) is 0 Å². The van der Waals surface area contributed by atoms with Crippen LogP contribution in [0.5, 0.6) is 0 Å². The number of carbonyl (C=O) groups excluding carboxylic acids is 3. The highest BCUT2D eigenvalue weighted by molar-refractivity contribution is 8.00. The Morgan fingerprint density at radius 1 is 1.30 bits per heavy atom. The van der Waals surface area contributed by atoms with Gasteiger partial charge in [0.25, 0.3) is 5.91 Å². The van der Waals surface area contributed by atoms with Gasteiger partial charge < -0.3 is 30.7 Å². The van der Waals surface area contributed by atoms with Crippen molar-refractivity contribution in [2.45, 2.75) is 43.6 Å². The first-order chi connectivity index (χ1) is 14.2. The second kappa shape index (κ2) is 10.3. The molecule has 1 saturated heterocycles. The number of carboxylic acids is 2. The molecular formula is C17H23N3O9S. The fourth-order valence-corrected chi connectivity index (χ4v) is 4.42. The lowest BCUT2D eigenvalue weighted by molar-refractivity contribution is -0.150. The van der Waals surface area contributed by atoms with Crippen LogP contribution in [0.15, 0.2) is 11.3 Å². The minimum atomic E-state index is -1.32. The van der Waals surface area contributed by atoms with Gasteiger partial charge in [-0.1, -0.05) is 0 Å². The van der Waals surface area contributed by atoms with Crippen LogP contribution < -0.4 is 10.6 Å². The third-order valence-corrected chi connectivity index (χ3v) is 5.86. The molecule has 3 amide bonds. The van der Waals surface area contributed by atoms with E-state index in [0.717, 1.165) is 4.90 Å². The minimum Gasteiger partial charge on any atom is -0.480 e. The molecule has 0 aromatic rings. The number of aliphatic carboxylic acids is 2. The van der Waals surface area contributed by atoms with Crippen LogP contribution in [0.2, 0.25) is 0 Å². The van der Waals surface area contributed by atoms with Gasteiger partial charge in [-0.3, -0.25) is 14.5 Å². The number of rotatable bonds is 10. The smallest absolute Gasteiger partial charge is 0.407 e. The topological polar surface area (TPSA) is 183 Å². The number of ether oxygens (including phenoxy) is 1. The quantitative estimate of drug-likeness (QED) is 0.264. The maximum Gasteiger partial charge on any atom is 0.407 e. The van der Waals surface area contributed by atoms with Crippen LogP contribution in [0.25, 0.3) is 0 Å². The summed E-state index contributed by atoms with van der Waals surface area (Å²) in [7, 11) is 0. The molecule has 5 N–H and O–H groups in total. The van der Waals surface area contributed by atoms with Gasteiger partial charge in [-0.2, -0.15) is 0 Å². The molecule has 2 aliphatic heterocycles. The summed E-state index contributed by atoms with van der Waals surface area (Å²) >= 11 is 1.23. The molecule has 166 valence electrons. The van der Waals surface area contributed by atoms with E-state index < -0.39 is 53.9 Å². The van der Waals surface area contributed by atoms with Gasteiger partial charge in [0, 0.05) is 12.2 Å². The molecule has 0 aromatic carbocycles. The summed E-state index contributed by atoms with van der Waals surface area (Å²) in [5.41, 5.74) is -0.0261. The Labute approximate surface area is 175 Å². The molecule has 12 nitrogen and oxygen atoms in total. The lowest BCUT2D eigenvalue weighted by Gasteiger charge is -2.49. The molecule has 1 fully saturated rings. The molecule has 0 radical (unpaired) electrons. The fraction of sp³-hybridized carbons (Fsp3) is 0.588. The lowest BCUT2D eigenvalue weighted by Crippen LogP contribution is -2.70. The van der Waals surface area contributed by atoms with Crippen molar-refractivity contribution in [2.75, 3.05) is 19.0 Å². The average molecular weight is 445 g/mol. The molecule has 0 saturated carbocycles. The molecule has 2 rings (SSSR count). The van der Waals surface area contributed by atoms with Gasteiger partial charge in [0.05, 0.1) is 13.2 Å². The Kier molecular flexibility index (Phi) is 8.06. The van der Waals surface area contributed by atoms with Crippen molar-refractivity contribution in [3.05, 3.63) is 11.3 Å². The zero-order valence-electron chi connectivity index (χ0n) is 16.1. The Morgan fingerprint density at radius 3 is 2.57 bits per heavy atom. The SMILES string of the molecule is CCOC(=O)N[C@H](CCCC(=O)NC1C(=O)N2C(C(=O)O)=C(CO)CSC12)C(=O)O. The number of thioether (sulfide) groups is 1. The molecule has 2 aliphatic rings. The molecule has 0 spiro atoms. The summed E-state index contributed by atoms with van der Waals surface area (Å²) in [4.78, 5) is 59.5. The molecule has 3 atom stereocenters. The molecule has 0 aromatic heterocycles. The van der Waals surface area contributed by atoms with Crippen LogP contribution in [-0.4, -0.2) is 86.5 Å². The summed E-state index contributed by atoms with van der Waals surface area (Å²) in [5.74, 6) is -3.45. The van der Waals surface area contributed by atoms with Gasteiger partial charge in [-0.25, -0.2) is 14.4 Å². The van der Waals surface area contributed by atoms with E-state index in [0.29, 0.717) is 0 Å².